The van der Waals surface area contributed by atoms with Crippen LogP contribution in [0.4, 0.5) is 18.9 Å². The molecule has 1 unspecified atom stereocenters. The highest BCUT2D eigenvalue weighted by atomic mass is 32.2. The fourth-order valence-corrected chi connectivity index (χ4v) is 4.45. The first-order valence-electron chi connectivity index (χ1n) is 7.58. The second-order valence-electron chi connectivity index (χ2n) is 5.68. The highest BCUT2D eigenvalue weighted by molar-refractivity contribution is 7.91. The van der Waals surface area contributed by atoms with E-state index in [-0.39, 0.29) is 18.1 Å². The van der Waals surface area contributed by atoms with Gasteiger partial charge in [-0.3, -0.25) is 9.59 Å². The molecule has 0 bridgehead atoms. The Morgan fingerprint density at radius 2 is 1.92 bits per heavy atom. The molecule has 1 aliphatic heterocycles. The molecule has 1 aromatic carbocycles. The fourth-order valence-electron chi connectivity index (χ4n) is 2.72. The van der Waals surface area contributed by atoms with Crippen molar-refractivity contribution < 1.29 is 31.2 Å². The van der Waals surface area contributed by atoms with Gasteiger partial charge in [0.1, 0.15) is 6.42 Å². The summed E-state index contributed by atoms with van der Waals surface area (Å²) in [6, 6.07) is 0.991. The summed E-state index contributed by atoms with van der Waals surface area (Å²) in [4.78, 5) is 25.4. The van der Waals surface area contributed by atoms with Crippen molar-refractivity contribution in [3.05, 3.63) is 29.6 Å². The zero-order valence-corrected chi connectivity index (χ0v) is 14.2. The van der Waals surface area contributed by atoms with E-state index in [4.69, 9.17) is 0 Å². The molecular formula is C15H17F3N2O4S. The van der Waals surface area contributed by atoms with Crippen molar-refractivity contribution in [2.75, 3.05) is 23.4 Å². The number of nitrogens with zero attached hydrogens (tertiary/aromatic N) is 1. The maximum Gasteiger partial charge on any atom is 0.233 e. The number of nitrogens with one attached hydrogen (secondary N) is 1. The van der Waals surface area contributed by atoms with Gasteiger partial charge < -0.3 is 10.2 Å². The van der Waals surface area contributed by atoms with Crippen LogP contribution in [-0.2, 0) is 19.4 Å². The van der Waals surface area contributed by atoms with Crippen molar-refractivity contribution in [3.8, 4) is 0 Å². The number of amides is 2. The van der Waals surface area contributed by atoms with E-state index in [0.717, 1.165) is 6.07 Å². The van der Waals surface area contributed by atoms with Crippen LogP contribution in [0, 0.1) is 17.5 Å². The third-order valence-electron chi connectivity index (χ3n) is 3.93. The first-order chi connectivity index (χ1) is 11.6. The molecule has 1 saturated heterocycles. The Bertz CT molecular complexity index is 798. The number of anilines is 1. The molecule has 0 aliphatic carbocycles. The van der Waals surface area contributed by atoms with E-state index in [1.165, 1.54) is 4.90 Å². The van der Waals surface area contributed by atoms with Crippen LogP contribution >= 0.6 is 0 Å². The van der Waals surface area contributed by atoms with Crippen LogP contribution < -0.4 is 5.32 Å². The van der Waals surface area contributed by atoms with Crippen LogP contribution in [0.1, 0.15) is 19.8 Å². The van der Waals surface area contributed by atoms with Crippen LogP contribution in [0.2, 0.25) is 0 Å². The predicted octanol–water partition coefficient (Wildman–Crippen LogP) is 1.47. The van der Waals surface area contributed by atoms with Crippen LogP contribution in [0.3, 0.4) is 0 Å². The molecule has 2 amide bonds. The third-order valence-corrected chi connectivity index (χ3v) is 5.68. The lowest BCUT2D eigenvalue weighted by atomic mass is 10.2. The van der Waals surface area contributed by atoms with Gasteiger partial charge in [0, 0.05) is 12.6 Å². The van der Waals surface area contributed by atoms with Gasteiger partial charge in [-0.15, -0.1) is 0 Å². The third kappa shape index (κ3) is 4.50. The van der Waals surface area contributed by atoms with Gasteiger partial charge in [-0.25, -0.2) is 21.6 Å². The van der Waals surface area contributed by atoms with Crippen LogP contribution in [0.15, 0.2) is 12.1 Å². The highest BCUT2D eigenvalue weighted by Gasteiger charge is 2.34. The van der Waals surface area contributed by atoms with Crippen LogP contribution in [-0.4, -0.2) is 49.2 Å². The number of hydrogen-bond donors (Lipinski definition) is 1. The summed E-state index contributed by atoms with van der Waals surface area (Å²) >= 11 is 0. The Morgan fingerprint density at radius 3 is 2.48 bits per heavy atom. The number of carbonyl (C=O) groups excluding carboxylic acids is 2. The van der Waals surface area contributed by atoms with E-state index < -0.39 is 57.3 Å². The lowest BCUT2D eigenvalue weighted by molar-refractivity contribution is -0.135. The summed E-state index contributed by atoms with van der Waals surface area (Å²) in [6.45, 7) is 1.86. The Balaban J connectivity index is 2.02. The minimum Gasteiger partial charge on any atom is -0.338 e. The number of carbonyl (C=O) groups is 2. The quantitative estimate of drug-likeness (QED) is 0.621. The molecule has 1 aliphatic rings. The number of sulfone groups is 1. The fraction of sp³-hybridized carbons (Fsp3) is 0.467. The average Bonchev–Trinajstić information content (AvgIpc) is 2.88. The zero-order valence-electron chi connectivity index (χ0n) is 13.4. The van der Waals surface area contributed by atoms with E-state index in [0.29, 0.717) is 12.5 Å². The molecule has 2 rings (SSSR count). The normalized spacial score (nSPS) is 18.8. The molecule has 1 N–H and O–H groups in total. The van der Waals surface area contributed by atoms with Crippen molar-refractivity contribution in [1.82, 2.24) is 4.90 Å². The van der Waals surface area contributed by atoms with Crippen LogP contribution in [0.5, 0.6) is 0 Å². The summed E-state index contributed by atoms with van der Waals surface area (Å²) in [7, 11) is -3.20. The van der Waals surface area contributed by atoms with E-state index in [1.54, 1.807) is 6.92 Å². The Morgan fingerprint density at radius 1 is 1.24 bits per heavy atom. The molecule has 138 valence electrons. The van der Waals surface area contributed by atoms with Crippen molar-refractivity contribution in [2.24, 2.45) is 0 Å². The molecule has 6 nitrogen and oxygen atoms in total. The van der Waals surface area contributed by atoms with Gasteiger partial charge in [0.2, 0.25) is 11.8 Å². The molecular weight excluding hydrogens is 361 g/mol. The smallest absolute Gasteiger partial charge is 0.233 e. The average molecular weight is 378 g/mol. The largest absolute Gasteiger partial charge is 0.338 e. The van der Waals surface area contributed by atoms with E-state index in [9.17, 15) is 31.2 Å². The molecule has 1 atom stereocenters. The predicted molar refractivity (Wildman–Crippen MR) is 84.0 cm³/mol. The van der Waals surface area contributed by atoms with Crippen LogP contribution in [0.25, 0.3) is 0 Å². The lowest BCUT2D eigenvalue weighted by Gasteiger charge is -2.26. The molecule has 1 heterocycles. The maximum atomic E-state index is 13.5. The van der Waals surface area contributed by atoms with Gasteiger partial charge in [0.05, 0.1) is 17.2 Å². The maximum absolute atomic E-state index is 13.5. The molecule has 0 saturated carbocycles. The molecule has 25 heavy (non-hydrogen) atoms. The van der Waals surface area contributed by atoms with Crippen molar-refractivity contribution in [2.45, 2.75) is 25.8 Å². The molecule has 0 spiro atoms. The molecule has 1 aromatic rings. The van der Waals surface area contributed by atoms with Crippen molar-refractivity contribution in [3.63, 3.8) is 0 Å². The highest BCUT2D eigenvalue weighted by Crippen LogP contribution is 2.21. The number of rotatable bonds is 5. The molecule has 0 aromatic heterocycles. The SMILES string of the molecule is CCN(C(=O)CC(=O)Nc1ccc(F)c(F)c1F)C1CCS(=O)(=O)C1. The topological polar surface area (TPSA) is 83.6 Å². The summed E-state index contributed by atoms with van der Waals surface area (Å²) in [5, 5.41) is 2.01. The first-order valence-corrected chi connectivity index (χ1v) is 9.40. The Labute approximate surface area is 142 Å². The standard InChI is InChI=1S/C15H17F3N2O4S/c1-2-20(9-5-6-25(23,24)8-9)13(22)7-12(21)19-11-4-3-10(16)14(17)15(11)18/h3-4,9H,2,5-8H2,1H3,(H,19,21). The lowest BCUT2D eigenvalue weighted by Crippen LogP contribution is -2.42. The second kappa shape index (κ2) is 7.42. The summed E-state index contributed by atoms with van der Waals surface area (Å²) in [5.74, 6) is -6.39. The Hall–Kier alpha value is -2.10. The van der Waals surface area contributed by atoms with Crippen molar-refractivity contribution >= 4 is 27.3 Å². The summed E-state index contributed by atoms with van der Waals surface area (Å²) in [5.41, 5.74) is -0.580. The molecule has 1 fully saturated rings. The molecule has 10 heteroatoms. The number of halogens is 3. The van der Waals surface area contributed by atoms with Gasteiger partial charge in [-0.1, -0.05) is 0 Å². The summed E-state index contributed by atoms with van der Waals surface area (Å²) < 4.78 is 62.6. The minimum atomic E-state index is -3.20. The molecule has 0 radical (unpaired) electrons. The second-order valence-corrected chi connectivity index (χ2v) is 7.91. The van der Waals surface area contributed by atoms with Gasteiger partial charge in [0.15, 0.2) is 27.3 Å². The monoisotopic (exact) mass is 378 g/mol. The Kier molecular flexibility index (Phi) is 5.71. The van der Waals surface area contributed by atoms with Crippen molar-refractivity contribution in [1.29, 1.82) is 0 Å². The minimum absolute atomic E-state index is 0.0201. The van der Waals surface area contributed by atoms with E-state index >= 15 is 0 Å². The van der Waals surface area contributed by atoms with E-state index in [2.05, 4.69) is 0 Å². The van der Waals surface area contributed by atoms with Gasteiger partial charge >= 0.3 is 0 Å². The number of benzene rings is 1. The number of hydrogen-bond acceptors (Lipinski definition) is 4. The van der Waals surface area contributed by atoms with Gasteiger partial charge in [-0.05, 0) is 25.5 Å². The van der Waals surface area contributed by atoms with E-state index in [1.807, 2.05) is 5.32 Å². The first kappa shape index (κ1) is 19.2. The zero-order chi connectivity index (χ0) is 18.8. The van der Waals surface area contributed by atoms with Gasteiger partial charge in [0.25, 0.3) is 0 Å². The summed E-state index contributed by atoms with van der Waals surface area (Å²) in [6.07, 6.45) is -0.371. The van der Waals surface area contributed by atoms with Gasteiger partial charge in [-0.2, -0.15) is 0 Å².